The summed E-state index contributed by atoms with van der Waals surface area (Å²) in [6.45, 7) is 8.73. The highest BCUT2D eigenvalue weighted by molar-refractivity contribution is 7.99. The molecule has 2 nitrogen and oxygen atoms in total. The Bertz CT molecular complexity index is 272. The smallest absolute Gasteiger partial charge is 0.114 e. The van der Waals surface area contributed by atoms with Gasteiger partial charge in [0, 0.05) is 10.6 Å². The van der Waals surface area contributed by atoms with Crippen LogP contribution in [0.1, 0.15) is 26.0 Å². The molecule has 0 bridgehead atoms. The van der Waals surface area contributed by atoms with Crippen molar-refractivity contribution in [2.75, 3.05) is 18.8 Å². The molecule has 0 aliphatic heterocycles. The van der Waals surface area contributed by atoms with Gasteiger partial charge < -0.3 is 9.73 Å². The molecule has 1 atom stereocenters. The average molecular weight is 227 g/mol. The maximum absolute atomic E-state index is 5.26. The van der Waals surface area contributed by atoms with Crippen LogP contribution in [0.3, 0.4) is 0 Å². The van der Waals surface area contributed by atoms with Crippen LogP contribution in [0.2, 0.25) is 0 Å². The highest BCUT2D eigenvalue weighted by Crippen LogP contribution is 2.24. The number of hydrogen-bond donors (Lipinski definition) is 1. The van der Waals surface area contributed by atoms with E-state index in [0.29, 0.717) is 5.92 Å². The lowest BCUT2D eigenvalue weighted by Crippen LogP contribution is -2.23. The van der Waals surface area contributed by atoms with E-state index in [1.165, 1.54) is 11.3 Å². The highest BCUT2D eigenvalue weighted by Gasteiger charge is 2.05. The average Bonchev–Trinajstić information content (AvgIpc) is 2.61. The van der Waals surface area contributed by atoms with Crippen molar-refractivity contribution in [2.24, 2.45) is 5.92 Å². The van der Waals surface area contributed by atoms with Gasteiger partial charge >= 0.3 is 0 Å². The van der Waals surface area contributed by atoms with E-state index in [2.05, 4.69) is 19.2 Å². The zero-order chi connectivity index (χ0) is 11.1. The Kier molecular flexibility index (Phi) is 5.88. The van der Waals surface area contributed by atoms with E-state index in [1.54, 1.807) is 6.26 Å². The summed E-state index contributed by atoms with van der Waals surface area (Å²) in [7, 11) is 0. The van der Waals surface area contributed by atoms with E-state index >= 15 is 0 Å². The molecule has 0 spiro atoms. The molecule has 0 fully saturated rings. The van der Waals surface area contributed by atoms with Crippen LogP contribution < -0.4 is 5.32 Å². The van der Waals surface area contributed by atoms with E-state index < -0.39 is 0 Å². The first-order valence-corrected chi connectivity index (χ1v) is 6.60. The second kappa shape index (κ2) is 6.96. The Morgan fingerprint density at radius 3 is 2.93 bits per heavy atom. The quantitative estimate of drug-likeness (QED) is 0.571. The van der Waals surface area contributed by atoms with Crippen LogP contribution in [0, 0.1) is 12.8 Å². The van der Waals surface area contributed by atoms with Crippen molar-refractivity contribution in [3.05, 3.63) is 18.1 Å². The molecule has 0 aliphatic carbocycles. The van der Waals surface area contributed by atoms with Gasteiger partial charge in [0.1, 0.15) is 5.76 Å². The molecule has 1 heterocycles. The van der Waals surface area contributed by atoms with Crippen LogP contribution in [-0.4, -0.2) is 18.8 Å². The van der Waals surface area contributed by atoms with Gasteiger partial charge in [0.2, 0.25) is 0 Å². The van der Waals surface area contributed by atoms with E-state index in [4.69, 9.17) is 4.42 Å². The van der Waals surface area contributed by atoms with E-state index in [1.807, 2.05) is 24.8 Å². The van der Waals surface area contributed by atoms with Crippen molar-refractivity contribution in [1.82, 2.24) is 5.32 Å². The number of hydrogen-bond acceptors (Lipinski definition) is 3. The molecule has 1 aromatic rings. The van der Waals surface area contributed by atoms with E-state index in [-0.39, 0.29) is 0 Å². The molecule has 86 valence electrons. The third kappa shape index (κ3) is 4.76. The van der Waals surface area contributed by atoms with Crippen molar-refractivity contribution in [2.45, 2.75) is 32.1 Å². The SMILES string of the molecule is CCCNCC(C)CSc1ccoc1C. The fourth-order valence-electron chi connectivity index (χ4n) is 1.34. The Morgan fingerprint density at radius 2 is 2.33 bits per heavy atom. The second-order valence-corrected chi connectivity index (χ2v) is 5.02. The minimum absolute atomic E-state index is 0.704. The second-order valence-electron chi connectivity index (χ2n) is 3.96. The Balaban J connectivity index is 2.16. The third-order valence-electron chi connectivity index (χ3n) is 2.25. The highest BCUT2D eigenvalue weighted by atomic mass is 32.2. The first kappa shape index (κ1) is 12.7. The summed E-state index contributed by atoms with van der Waals surface area (Å²) >= 11 is 1.89. The fraction of sp³-hybridized carbons (Fsp3) is 0.667. The summed E-state index contributed by atoms with van der Waals surface area (Å²) in [6, 6.07) is 2.05. The third-order valence-corrected chi connectivity index (χ3v) is 3.72. The largest absolute Gasteiger partial charge is 0.468 e. The first-order valence-electron chi connectivity index (χ1n) is 5.61. The maximum atomic E-state index is 5.26. The molecule has 1 unspecified atom stereocenters. The van der Waals surface area contributed by atoms with Gasteiger partial charge in [-0.3, -0.25) is 0 Å². The molecule has 15 heavy (non-hydrogen) atoms. The maximum Gasteiger partial charge on any atom is 0.114 e. The first-order chi connectivity index (χ1) is 7.24. The Labute approximate surface area is 96.8 Å². The molecule has 0 aromatic carbocycles. The van der Waals surface area contributed by atoms with Crippen molar-refractivity contribution >= 4 is 11.8 Å². The lowest BCUT2D eigenvalue weighted by molar-refractivity contribution is 0.526. The van der Waals surface area contributed by atoms with Crippen LogP contribution in [0.5, 0.6) is 0 Å². The van der Waals surface area contributed by atoms with Crippen LogP contribution >= 0.6 is 11.8 Å². The Morgan fingerprint density at radius 1 is 1.53 bits per heavy atom. The topological polar surface area (TPSA) is 25.2 Å². The van der Waals surface area contributed by atoms with Gasteiger partial charge in [-0.1, -0.05) is 13.8 Å². The number of furan rings is 1. The predicted octanol–water partition coefficient (Wildman–Crippen LogP) is 3.32. The molecule has 0 amide bonds. The molecule has 0 radical (unpaired) electrons. The predicted molar refractivity (Wildman–Crippen MR) is 66.5 cm³/mol. The lowest BCUT2D eigenvalue weighted by atomic mass is 10.2. The van der Waals surface area contributed by atoms with E-state index in [0.717, 1.165) is 24.6 Å². The van der Waals surface area contributed by atoms with Crippen molar-refractivity contribution in [1.29, 1.82) is 0 Å². The summed E-state index contributed by atoms with van der Waals surface area (Å²) in [5, 5.41) is 3.44. The fourth-order valence-corrected chi connectivity index (χ4v) is 2.32. The molecule has 1 N–H and O–H groups in total. The van der Waals surface area contributed by atoms with Crippen molar-refractivity contribution in [3.8, 4) is 0 Å². The van der Waals surface area contributed by atoms with Crippen LogP contribution in [0.25, 0.3) is 0 Å². The Hall–Kier alpha value is -0.410. The van der Waals surface area contributed by atoms with Gasteiger partial charge in [0.05, 0.1) is 6.26 Å². The lowest BCUT2D eigenvalue weighted by Gasteiger charge is -2.11. The number of rotatable bonds is 7. The van der Waals surface area contributed by atoms with Gasteiger partial charge in [-0.2, -0.15) is 0 Å². The molecular formula is C12H21NOS. The van der Waals surface area contributed by atoms with Gasteiger partial charge in [-0.15, -0.1) is 11.8 Å². The van der Waals surface area contributed by atoms with E-state index in [9.17, 15) is 0 Å². The number of thioether (sulfide) groups is 1. The summed E-state index contributed by atoms with van der Waals surface area (Å²) in [4.78, 5) is 1.28. The van der Waals surface area contributed by atoms with Gasteiger partial charge in [0.15, 0.2) is 0 Å². The molecule has 0 aliphatic rings. The minimum Gasteiger partial charge on any atom is -0.468 e. The van der Waals surface area contributed by atoms with Gasteiger partial charge in [0.25, 0.3) is 0 Å². The van der Waals surface area contributed by atoms with Crippen LogP contribution in [0.15, 0.2) is 21.6 Å². The molecule has 0 saturated carbocycles. The van der Waals surface area contributed by atoms with Crippen molar-refractivity contribution < 1.29 is 4.42 Å². The van der Waals surface area contributed by atoms with Gasteiger partial charge in [-0.25, -0.2) is 0 Å². The zero-order valence-electron chi connectivity index (χ0n) is 9.88. The monoisotopic (exact) mass is 227 g/mol. The molecule has 0 saturated heterocycles. The minimum atomic E-state index is 0.704. The van der Waals surface area contributed by atoms with Crippen LogP contribution in [0.4, 0.5) is 0 Å². The summed E-state index contributed by atoms with van der Waals surface area (Å²) in [6.07, 6.45) is 2.97. The van der Waals surface area contributed by atoms with Crippen molar-refractivity contribution in [3.63, 3.8) is 0 Å². The zero-order valence-corrected chi connectivity index (χ0v) is 10.7. The molecule has 3 heteroatoms. The normalized spacial score (nSPS) is 13.0. The van der Waals surface area contributed by atoms with Crippen LogP contribution in [-0.2, 0) is 0 Å². The molecule has 1 aromatic heterocycles. The summed E-state index contributed by atoms with van der Waals surface area (Å²) in [5.41, 5.74) is 0. The standard InChI is InChI=1S/C12H21NOS/c1-4-6-13-8-10(2)9-15-12-5-7-14-11(12)3/h5,7,10,13H,4,6,8-9H2,1-3H3. The van der Waals surface area contributed by atoms with Gasteiger partial charge in [-0.05, 0) is 38.4 Å². The summed E-state index contributed by atoms with van der Waals surface area (Å²) in [5.74, 6) is 2.89. The summed E-state index contributed by atoms with van der Waals surface area (Å²) < 4.78 is 5.26. The number of aryl methyl sites for hydroxylation is 1. The molecule has 1 rings (SSSR count). The number of nitrogens with one attached hydrogen (secondary N) is 1. The molecular weight excluding hydrogens is 206 g/mol.